The highest BCUT2D eigenvalue weighted by Gasteiger charge is 2.23. The first kappa shape index (κ1) is 22.4. The third kappa shape index (κ3) is 7.56. The molecular weight excluding hydrogens is 376 g/mol. The molecule has 0 aromatic carbocycles. The molecule has 6 nitrogen and oxygen atoms in total. The smallest absolute Gasteiger partial charge is 0.191 e. The van der Waals surface area contributed by atoms with Crippen molar-refractivity contribution in [1.29, 1.82) is 0 Å². The molecule has 0 atom stereocenters. The van der Waals surface area contributed by atoms with Crippen LogP contribution in [0.4, 0.5) is 0 Å². The normalized spacial score (nSPS) is 15.4. The van der Waals surface area contributed by atoms with Gasteiger partial charge in [-0.15, -0.1) is 10.2 Å². The number of hydrogen-bond donors (Lipinski definition) is 2. The second kappa shape index (κ2) is 13.3. The Morgan fingerprint density at radius 2 is 1.96 bits per heavy atom. The van der Waals surface area contributed by atoms with Gasteiger partial charge in [0.25, 0.3) is 0 Å². The number of nitrogens with one attached hydrogen (secondary N) is 2. The Labute approximate surface area is 173 Å². The Morgan fingerprint density at radius 3 is 2.67 bits per heavy atom. The molecule has 2 N–H and O–H groups in total. The van der Waals surface area contributed by atoms with Crippen molar-refractivity contribution in [3.8, 4) is 0 Å². The number of aromatic nitrogens is 3. The molecule has 27 heavy (non-hydrogen) atoms. The summed E-state index contributed by atoms with van der Waals surface area (Å²) in [6, 6.07) is 0.598. The monoisotopic (exact) mass is 412 g/mol. The Balaban J connectivity index is 1.81. The van der Waals surface area contributed by atoms with E-state index >= 15 is 0 Å². The number of hydrogen-bond acceptors (Lipinski definition) is 5. The van der Waals surface area contributed by atoms with Crippen LogP contribution in [0.15, 0.2) is 10.1 Å². The predicted octanol–water partition coefficient (Wildman–Crippen LogP) is 3.75. The van der Waals surface area contributed by atoms with E-state index in [0.29, 0.717) is 6.04 Å². The van der Waals surface area contributed by atoms with E-state index in [0.717, 1.165) is 49.4 Å². The van der Waals surface area contributed by atoms with Gasteiger partial charge in [-0.3, -0.25) is 4.99 Å². The van der Waals surface area contributed by atoms with Gasteiger partial charge < -0.3 is 15.2 Å². The van der Waals surface area contributed by atoms with Gasteiger partial charge in [0.2, 0.25) is 0 Å². The van der Waals surface area contributed by atoms with Crippen molar-refractivity contribution >= 4 is 29.5 Å². The van der Waals surface area contributed by atoms with E-state index in [9.17, 15) is 0 Å². The lowest BCUT2D eigenvalue weighted by atomic mass is 10.2. The Kier molecular flexibility index (Phi) is 11.0. The summed E-state index contributed by atoms with van der Waals surface area (Å²) in [6.45, 7) is 4.80. The summed E-state index contributed by atoms with van der Waals surface area (Å²) in [6.07, 6.45) is 13.8. The minimum atomic E-state index is 0.598. The van der Waals surface area contributed by atoms with Gasteiger partial charge in [-0.25, -0.2) is 0 Å². The standard InChI is InChI=1S/C19H36N6S2/c1-4-20-18(21-13-7-8-15-26-2)22-14-9-12-17-23-24-19(27-3)25(17)16-10-5-6-11-16/h16H,4-15H2,1-3H3,(H2,20,21,22). The van der Waals surface area contributed by atoms with Gasteiger partial charge in [0.05, 0.1) is 0 Å². The maximum Gasteiger partial charge on any atom is 0.191 e. The first-order chi connectivity index (χ1) is 13.3. The minimum absolute atomic E-state index is 0.598. The van der Waals surface area contributed by atoms with Crippen LogP contribution in [0.3, 0.4) is 0 Å². The molecule has 0 bridgehead atoms. The van der Waals surface area contributed by atoms with Crippen LogP contribution in [0.5, 0.6) is 0 Å². The van der Waals surface area contributed by atoms with Crippen molar-refractivity contribution < 1.29 is 0 Å². The fourth-order valence-corrected chi connectivity index (χ4v) is 4.56. The molecule has 0 amide bonds. The molecule has 0 unspecified atom stereocenters. The molecule has 2 rings (SSSR count). The second-order valence-corrected chi connectivity index (χ2v) is 8.66. The number of aliphatic imine (C=N–C) groups is 1. The summed E-state index contributed by atoms with van der Waals surface area (Å²) in [5.74, 6) is 3.30. The molecular formula is C19H36N6S2. The van der Waals surface area contributed by atoms with E-state index in [4.69, 9.17) is 4.99 Å². The molecule has 1 fully saturated rings. The first-order valence-electron chi connectivity index (χ1n) is 10.3. The SMILES string of the molecule is CCNC(=NCCCc1nnc(SC)n1C1CCCC1)NCCCCSC. The van der Waals surface area contributed by atoms with Gasteiger partial charge in [0, 0.05) is 32.1 Å². The average Bonchev–Trinajstić information content (AvgIpc) is 3.33. The van der Waals surface area contributed by atoms with Crippen LogP contribution in [-0.2, 0) is 6.42 Å². The fraction of sp³-hybridized carbons (Fsp3) is 0.842. The lowest BCUT2D eigenvalue weighted by molar-refractivity contribution is 0.461. The lowest BCUT2D eigenvalue weighted by Gasteiger charge is -2.16. The molecule has 1 aliphatic carbocycles. The predicted molar refractivity (Wildman–Crippen MR) is 119 cm³/mol. The van der Waals surface area contributed by atoms with Gasteiger partial charge in [-0.1, -0.05) is 24.6 Å². The zero-order valence-electron chi connectivity index (χ0n) is 17.2. The van der Waals surface area contributed by atoms with E-state index in [1.807, 2.05) is 11.8 Å². The van der Waals surface area contributed by atoms with E-state index in [2.05, 4.69) is 44.8 Å². The van der Waals surface area contributed by atoms with Crippen LogP contribution in [-0.4, -0.2) is 58.6 Å². The van der Waals surface area contributed by atoms with Crippen molar-refractivity contribution in [3.63, 3.8) is 0 Å². The third-order valence-corrected chi connectivity index (χ3v) is 6.19. The molecule has 0 radical (unpaired) electrons. The topological polar surface area (TPSA) is 67.1 Å². The van der Waals surface area contributed by atoms with Gasteiger partial charge in [0.1, 0.15) is 5.82 Å². The van der Waals surface area contributed by atoms with Gasteiger partial charge >= 0.3 is 0 Å². The van der Waals surface area contributed by atoms with Crippen LogP contribution in [0, 0.1) is 0 Å². The zero-order valence-corrected chi connectivity index (χ0v) is 18.8. The summed E-state index contributed by atoms with van der Waals surface area (Å²) in [7, 11) is 0. The minimum Gasteiger partial charge on any atom is -0.357 e. The fourth-order valence-electron chi connectivity index (χ4n) is 3.49. The lowest BCUT2D eigenvalue weighted by Crippen LogP contribution is -2.37. The highest BCUT2D eigenvalue weighted by atomic mass is 32.2. The maximum atomic E-state index is 4.73. The number of aryl methyl sites for hydroxylation is 1. The van der Waals surface area contributed by atoms with E-state index < -0.39 is 0 Å². The summed E-state index contributed by atoms with van der Waals surface area (Å²) in [5.41, 5.74) is 0. The Hall–Kier alpha value is -0.890. The molecule has 1 saturated carbocycles. The third-order valence-electron chi connectivity index (χ3n) is 4.85. The Morgan fingerprint density at radius 1 is 1.15 bits per heavy atom. The van der Waals surface area contributed by atoms with Crippen LogP contribution in [0.25, 0.3) is 0 Å². The van der Waals surface area contributed by atoms with Crippen LogP contribution in [0.2, 0.25) is 0 Å². The molecule has 1 aromatic heterocycles. The van der Waals surface area contributed by atoms with E-state index in [-0.39, 0.29) is 0 Å². The summed E-state index contributed by atoms with van der Waals surface area (Å²) >= 11 is 3.62. The van der Waals surface area contributed by atoms with Crippen molar-refractivity contribution in [2.24, 2.45) is 4.99 Å². The molecule has 0 saturated heterocycles. The van der Waals surface area contributed by atoms with E-state index in [1.165, 1.54) is 44.3 Å². The molecule has 1 aromatic rings. The first-order valence-corrected chi connectivity index (χ1v) is 12.9. The molecule has 154 valence electrons. The number of guanidine groups is 1. The highest BCUT2D eigenvalue weighted by molar-refractivity contribution is 7.98. The highest BCUT2D eigenvalue weighted by Crippen LogP contribution is 2.33. The summed E-state index contributed by atoms with van der Waals surface area (Å²) in [4.78, 5) is 4.73. The van der Waals surface area contributed by atoms with Gasteiger partial charge in [0.15, 0.2) is 11.1 Å². The van der Waals surface area contributed by atoms with Gasteiger partial charge in [-0.2, -0.15) is 11.8 Å². The van der Waals surface area contributed by atoms with Crippen LogP contribution in [0.1, 0.15) is 63.7 Å². The number of unbranched alkanes of at least 4 members (excludes halogenated alkanes) is 1. The van der Waals surface area contributed by atoms with Crippen molar-refractivity contribution in [1.82, 2.24) is 25.4 Å². The van der Waals surface area contributed by atoms with Crippen LogP contribution >= 0.6 is 23.5 Å². The zero-order chi connectivity index (χ0) is 19.3. The van der Waals surface area contributed by atoms with Crippen molar-refractivity contribution in [2.45, 2.75) is 69.5 Å². The number of thioether (sulfide) groups is 2. The molecule has 1 aliphatic rings. The molecule has 0 spiro atoms. The van der Waals surface area contributed by atoms with Crippen LogP contribution < -0.4 is 10.6 Å². The average molecular weight is 413 g/mol. The van der Waals surface area contributed by atoms with Gasteiger partial charge in [-0.05, 0) is 57.3 Å². The summed E-state index contributed by atoms with van der Waals surface area (Å²) < 4.78 is 2.40. The van der Waals surface area contributed by atoms with Crippen molar-refractivity contribution in [2.75, 3.05) is 37.9 Å². The maximum absolute atomic E-state index is 4.73. The largest absolute Gasteiger partial charge is 0.357 e. The quantitative estimate of drug-likeness (QED) is 0.236. The molecule has 1 heterocycles. The Bertz CT molecular complexity index is 554. The van der Waals surface area contributed by atoms with E-state index in [1.54, 1.807) is 11.8 Å². The number of rotatable bonds is 12. The molecule has 0 aliphatic heterocycles. The second-order valence-electron chi connectivity index (χ2n) is 6.90. The summed E-state index contributed by atoms with van der Waals surface area (Å²) in [5, 5.41) is 16.7. The number of nitrogens with zero attached hydrogens (tertiary/aromatic N) is 4. The van der Waals surface area contributed by atoms with Crippen molar-refractivity contribution in [3.05, 3.63) is 5.82 Å². The molecule has 8 heteroatoms.